The first kappa shape index (κ1) is 23.6. The molecule has 1 aromatic heterocycles. The highest BCUT2D eigenvalue weighted by Crippen LogP contribution is 2.41. The third-order valence-electron chi connectivity index (χ3n) is 5.71. The van der Waals surface area contributed by atoms with Gasteiger partial charge in [-0.15, -0.1) is 0 Å². The summed E-state index contributed by atoms with van der Waals surface area (Å²) >= 11 is 1.22. The lowest BCUT2D eigenvalue weighted by atomic mass is 10.1. The molecule has 5 rings (SSSR count). The SMILES string of the molecule is CCOC(=O)C1=C(O)/C(=C/c2cn(Cc3cccc(F)c3)c3ccccc23)SC1=Nc1ccccc1. The fourth-order valence-electron chi connectivity index (χ4n) is 4.11. The molecule has 0 aliphatic carbocycles. The minimum Gasteiger partial charge on any atom is -0.506 e. The summed E-state index contributed by atoms with van der Waals surface area (Å²) in [6.07, 6.45) is 3.81. The summed E-state index contributed by atoms with van der Waals surface area (Å²) in [4.78, 5) is 17.8. The molecule has 3 aromatic carbocycles. The number of aliphatic hydroxyl groups is 1. The van der Waals surface area contributed by atoms with Gasteiger partial charge in [0.25, 0.3) is 0 Å². The monoisotopic (exact) mass is 498 g/mol. The van der Waals surface area contributed by atoms with Crippen molar-refractivity contribution < 1.29 is 19.0 Å². The predicted octanol–water partition coefficient (Wildman–Crippen LogP) is 7.02. The number of aliphatic imine (C=N–C) groups is 1. The Labute approximate surface area is 212 Å². The molecule has 0 amide bonds. The molecule has 180 valence electrons. The van der Waals surface area contributed by atoms with Crippen LogP contribution in [0.4, 0.5) is 10.1 Å². The first-order valence-corrected chi connectivity index (χ1v) is 12.3. The Morgan fingerprint density at radius 2 is 1.86 bits per heavy atom. The number of aliphatic hydroxyl groups excluding tert-OH is 1. The van der Waals surface area contributed by atoms with Crippen LogP contribution in [0.25, 0.3) is 17.0 Å². The van der Waals surface area contributed by atoms with Gasteiger partial charge in [0.1, 0.15) is 22.2 Å². The van der Waals surface area contributed by atoms with Crippen molar-refractivity contribution in [3.8, 4) is 0 Å². The van der Waals surface area contributed by atoms with Gasteiger partial charge >= 0.3 is 5.97 Å². The summed E-state index contributed by atoms with van der Waals surface area (Å²) < 4.78 is 21.0. The Kier molecular flexibility index (Phi) is 6.73. The molecule has 1 aliphatic rings. The zero-order valence-corrected chi connectivity index (χ0v) is 20.3. The van der Waals surface area contributed by atoms with E-state index >= 15 is 0 Å². The van der Waals surface area contributed by atoms with E-state index in [4.69, 9.17) is 4.74 Å². The number of fused-ring (bicyclic) bond motifs is 1. The van der Waals surface area contributed by atoms with Gasteiger partial charge in [-0.1, -0.05) is 60.3 Å². The number of rotatable bonds is 6. The molecular formula is C29H23FN2O3S. The van der Waals surface area contributed by atoms with Gasteiger partial charge < -0.3 is 14.4 Å². The second kappa shape index (κ2) is 10.3. The number of hydrogen-bond donors (Lipinski definition) is 1. The Hall–Kier alpha value is -4.10. The standard InChI is InChI=1S/C29H23FN2O3S/c1-2-35-29(34)26-27(33)25(36-28(26)31-22-11-4-3-5-12-22)16-20-18-32(24-14-7-6-13-23(20)24)17-19-9-8-10-21(30)15-19/h3-16,18,33H,2,17H2,1H3/b25-16-,31-28?. The van der Waals surface area contributed by atoms with Crippen LogP contribution in [0.3, 0.4) is 0 Å². The second-order valence-electron chi connectivity index (χ2n) is 8.17. The Bertz CT molecular complexity index is 1540. The molecule has 0 saturated carbocycles. The van der Waals surface area contributed by atoms with Crippen molar-refractivity contribution in [3.05, 3.63) is 118 Å². The molecule has 1 N–H and O–H groups in total. The van der Waals surface area contributed by atoms with Crippen LogP contribution in [0.5, 0.6) is 0 Å². The van der Waals surface area contributed by atoms with Crippen molar-refractivity contribution in [2.75, 3.05) is 6.61 Å². The molecule has 4 aromatic rings. The van der Waals surface area contributed by atoms with Crippen LogP contribution in [-0.2, 0) is 16.1 Å². The lowest BCUT2D eigenvalue weighted by molar-refractivity contribution is -0.138. The second-order valence-corrected chi connectivity index (χ2v) is 9.20. The van der Waals surface area contributed by atoms with E-state index in [0.717, 1.165) is 22.0 Å². The summed E-state index contributed by atoms with van der Waals surface area (Å²) in [5.41, 5.74) is 3.40. The average molecular weight is 499 g/mol. The zero-order chi connectivity index (χ0) is 25.1. The number of para-hydroxylation sites is 2. The largest absolute Gasteiger partial charge is 0.506 e. The van der Waals surface area contributed by atoms with Crippen molar-refractivity contribution in [3.63, 3.8) is 0 Å². The van der Waals surface area contributed by atoms with E-state index in [1.807, 2.05) is 77.5 Å². The molecule has 0 unspecified atom stereocenters. The summed E-state index contributed by atoms with van der Waals surface area (Å²) in [7, 11) is 0. The fourth-order valence-corrected chi connectivity index (χ4v) is 5.13. The van der Waals surface area contributed by atoms with E-state index in [1.165, 1.54) is 23.9 Å². The maximum atomic E-state index is 13.7. The maximum Gasteiger partial charge on any atom is 0.344 e. The zero-order valence-electron chi connectivity index (χ0n) is 19.5. The van der Waals surface area contributed by atoms with Crippen molar-refractivity contribution in [1.82, 2.24) is 4.57 Å². The minimum atomic E-state index is -0.617. The number of ether oxygens (including phenoxy) is 1. The van der Waals surface area contributed by atoms with Crippen LogP contribution in [0.1, 0.15) is 18.1 Å². The van der Waals surface area contributed by atoms with E-state index in [1.54, 1.807) is 13.0 Å². The van der Waals surface area contributed by atoms with E-state index in [0.29, 0.717) is 22.2 Å². The van der Waals surface area contributed by atoms with E-state index in [2.05, 4.69) is 4.99 Å². The Morgan fingerprint density at radius 1 is 1.08 bits per heavy atom. The van der Waals surface area contributed by atoms with Gasteiger partial charge in [0.15, 0.2) is 0 Å². The highest BCUT2D eigenvalue weighted by Gasteiger charge is 2.33. The van der Waals surface area contributed by atoms with Crippen LogP contribution < -0.4 is 0 Å². The molecular weight excluding hydrogens is 475 g/mol. The average Bonchev–Trinajstić information content (AvgIpc) is 3.37. The first-order chi connectivity index (χ1) is 17.5. The normalized spacial score (nSPS) is 15.8. The van der Waals surface area contributed by atoms with Gasteiger partial charge in [0.05, 0.1) is 17.2 Å². The van der Waals surface area contributed by atoms with Gasteiger partial charge in [0.2, 0.25) is 0 Å². The van der Waals surface area contributed by atoms with Crippen LogP contribution in [0, 0.1) is 5.82 Å². The van der Waals surface area contributed by atoms with Crippen molar-refractivity contribution in [2.24, 2.45) is 4.99 Å². The van der Waals surface area contributed by atoms with E-state index in [-0.39, 0.29) is 23.8 Å². The number of carbonyl (C=O) groups excluding carboxylic acids is 1. The van der Waals surface area contributed by atoms with E-state index < -0.39 is 5.97 Å². The Balaban J connectivity index is 1.57. The van der Waals surface area contributed by atoms with Gasteiger partial charge in [-0.2, -0.15) is 0 Å². The number of benzene rings is 3. The number of hydrogen-bond acceptors (Lipinski definition) is 5. The van der Waals surface area contributed by atoms with Crippen molar-refractivity contribution >= 4 is 45.4 Å². The molecule has 0 saturated heterocycles. The fraction of sp³-hybridized carbons (Fsp3) is 0.103. The molecule has 0 spiro atoms. The molecule has 2 heterocycles. The molecule has 7 heteroatoms. The molecule has 1 aliphatic heterocycles. The number of halogens is 1. The van der Waals surface area contributed by atoms with E-state index in [9.17, 15) is 14.3 Å². The quantitative estimate of drug-likeness (QED) is 0.290. The van der Waals surface area contributed by atoms with Crippen molar-refractivity contribution in [2.45, 2.75) is 13.5 Å². The lowest BCUT2D eigenvalue weighted by Gasteiger charge is -2.05. The third-order valence-corrected chi connectivity index (χ3v) is 6.72. The van der Waals surface area contributed by atoms with Crippen LogP contribution in [-0.4, -0.2) is 27.3 Å². The third kappa shape index (κ3) is 4.83. The van der Waals surface area contributed by atoms with Gasteiger partial charge in [-0.05, 0) is 48.9 Å². The van der Waals surface area contributed by atoms with Gasteiger partial charge in [-0.3, -0.25) is 0 Å². The minimum absolute atomic E-state index is 0.0560. The number of aromatic nitrogens is 1. The lowest BCUT2D eigenvalue weighted by Crippen LogP contribution is -2.12. The summed E-state index contributed by atoms with van der Waals surface area (Å²) in [5.74, 6) is -1.05. The highest BCUT2D eigenvalue weighted by atomic mass is 32.2. The number of carbonyl (C=O) groups is 1. The Morgan fingerprint density at radius 3 is 2.64 bits per heavy atom. The van der Waals surface area contributed by atoms with Crippen molar-refractivity contribution in [1.29, 1.82) is 0 Å². The maximum absolute atomic E-state index is 13.7. The smallest absolute Gasteiger partial charge is 0.344 e. The number of esters is 1. The molecule has 36 heavy (non-hydrogen) atoms. The highest BCUT2D eigenvalue weighted by molar-refractivity contribution is 8.18. The molecule has 0 fully saturated rings. The summed E-state index contributed by atoms with van der Waals surface area (Å²) in [5, 5.41) is 12.4. The summed E-state index contributed by atoms with van der Waals surface area (Å²) in [6.45, 7) is 2.40. The topological polar surface area (TPSA) is 63.8 Å². The van der Waals surface area contributed by atoms with Crippen LogP contribution >= 0.6 is 11.8 Å². The summed E-state index contributed by atoms with van der Waals surface area (Å²) in [6, 6.07) is 23.7. The first-order valence-electron chi connectivity index (χ1n) is 11.5. The molecule has 0 atom stereocenters. The predicted molar refractivity (Wildman–Crippen MR) is 143 cm³/mol. The van der Waals surface area contributed by atoms with Crippen LogP contribution in [0.15, 0.2) is 106 Å². The van der Waals surface area contributed by atoms with Gasteiger partial charge in [-0.25, -0.2) is 14.2 Å². The van der Waals surface area contributed by atoms with Gasteiger partial charge in [0, 0.05) is 29.2 Å². The molecule has 0 bridgehead atoms. The number of thioether (sulfide) groups is 1. The van der Waals surface area contributed by atoms with Crippen LogP contribution in [0.2, 0.25) is 0 Å². The number of nitrogens with zero attached hydrogens (tertiary/aromatic N) is 2. The molecule has 0 radical (unpaired) electrons. The molecule has 5 nitrogen and oxygen atoms in total.